The lowest BCUT2D eigenvalue weighted by Gasteiger charge is -2.03. The van der Waals surface area contributed by atoms with Crippen LogP contribution in [-0.2, 0) is 11.1 Å². The molecule has 0 saturated heterocycles. The van der Waals surface area contributed by atoms with Crippen molar-refractivity contribution in [2.45, 2.75) is 0 Å². The molecule has 66 valence electrons. The van der Waals surface area contributed by atoms with Crippen LogP contribution in [0.4, 0.5) is 5.69 Å². The van der Waals surface area contributed by atoms with Crippen LogP contribution in [0, 0.1) is 0 Å². The normalized spacial score (nSPS) is 15.1. The summed E-state index contributed by atoms with van der Waals surface area (Å²) in [6, 6.07) is 9.94. The van der Waals surface area contributed by atoms with Crippen molar-refractivity contribution in [2.75, 3.05) is 5.32 Å². The van der Waals surface area contributed by atoms with Gasteiger partial charge in [0, 0.05) is 17.6 Å². The molecule has 0 saturated carbocycles. The Balaban J connectivity index is 2.16. The summed E-state index contributed by atoms with van der Waals surface area (Å²) in [4.78, 5) is 0.950. The van der Waals surface area contributed by atoms with Crippen LogP contribution < -0.4 is 5.32 Å². The molecule has 1 N–H and O–H groups in total. The first-order valence-electron chi connectivity index (χ1n) is 3.64. The molecule has 2 nitrogen and oxygen atoms in total. The smallest absolute Gasteiger partial charge is 0.139 e. The Morgan fingerprint density at radius 2 is 2.00 bits per heavy atom. The Bertz CT molecular complexity index is 393. The summed E-state index contributed by atoms with van der Waals surface area (Å²) in [6.45, 7) is 0. The summed E-state index contributed by atoms with van der Waals surface area (Å²) in [5, 5.41) is 3.21. The van der Waals surface area contributed by atoms with Gasteiger partial charge < -0.3 is 5.32 Å². The molecule has 0 aliphatic carbocycles. The molecule has 1 heterocycles. The molecule has 0 spiro atoms. The van der Waals surface area contributed by atoms with Gasteiger partial charge in [-0.1, -0.05) is 30.4 Å². The van der Waals surface area contributed by atoms with Crippen molar-refractivity contribution in [3.63, 3.8) is 0 Å². The second-order valence-electron chi connectivity index (χ2n) is 2.36. The van der Waals surface area contributed by atoms with Gasteiger partial charge in [-0.3, -0.25) is 0 Å². The fraction of sp³-hybridized carbons (Fsp3) is 0. The van der Waals surface area contributed by atoms with Crippen molar-refractivity contribution in [1.82, 2.24) is 0 Å². The van der Waals surface area contributed by atoms with Crippen LogP contribution in [0.1, 0.15) is 0 Å². The van der Waals surface area contributed by atoms with E-state index in [-0.39, 0.29) is 0 Å². The summed E-state index contributed by atoms with van der Waals surface area (Å²) in [5.41, 5.74) is 1.05. The first-order valence-corrected chi connectivity index (χ1v) is 5.59. The summed E-state index contributed by atoms with van der Waals surface area (Å²) < 4.78 is 4.85. The van der Waals surface area contributed by atoms with Crippen LogP contribution in [0.25, 0.3) is 0 Å². The number of thiocarbonyl (C=S) groups is 1. The van der Waals surface area contributed by atoms with E-state index in [9.17, 15) is 0 Å². The third-order valence-corrected chi connectivity index (χ3v) is 3.61. The van der Waals surface area contributed by atoms with Gasteiger partial charge in [-0.15, -0.1) is 0 Å². The lowest BCUT2D eigenvalue weighted by molar-refractivity contribution is 1.66. The van der Waals surface area contributed by atoms with Crippen molar-refractivity contribution >= 4 is 50.2 Å². The maximum absolute atomic E-state index is 5.09. The Morgan fingerprint density at radius 3 is 2.62 bits per heavy atom. The van der Waals surface area contributed by atoms with E-state index in [2.05, 4.69) is 9.08 Å². The molecule has 1 aliphatic rings. The van der Waals surface area contributed by atoms with Crippen molar-refractivity contribution in [1.29, 1.82) is 0 Å². The molecular weight excluding hydrogens is 220 g/mol. The fourth-order valence-electron chi connectivity index (χ4n) is 0.895. The lowest BCUT2D eigenvalue weighted by atomic mass is 10.3. The minimum absolute atomic E-state index is 0.814. The molecule has 13 heavy (non-hydrogen) atoms. The van der Waals surface area contributed by atoms with Crippen molar-refractivity contribution in [2.24, 2.45) is 3.77 Å². The molecule has 0 unspecified atom stereocenters. The summed E-state index contributed by atoms with van der Waals surface area (Å²) in [6.07, 6.45) is 0. The van der Waals surface area contributed by atoms with Gasteiger partial charge in [-0.2, -0.15) is 3.77 Å². The highest BCUT2D eigenvalue weighted by Crippen LogP contribution is 2.14. The quantitative estimate of drug-likeness (QED) is 0.588. The largest absolute Gasteiger partial charge is 0.344 e. The molecule has 1 aromatic rings. The van der Waals surface area contributed by atoms with Crippen LogP contribution >= 0.6 is 24.2 Å². The van der Waals surface area contributed by atoms with E-state index in [1.165, 1.54) is 23.1 Å². The zero-order valence-corrected chi connectivity index (χ0v) is 9.01. The molecular formula is C8H6N2S3. The Labute approximate surface area is 89.6 Å². The van der Waals surface area contributed by atoms with E-state index >= 15 is 0 Å². The molecule has 0 radical (unpaired) electrons. The zero-order chi connectivity index (χ0) is 9.10. The fourth-order valence-corrected chi connectivity index (χ4v) is 2.65. The number of nitrogens with one attached hydrogen (secondary N) is 1. The highest BCUT2D eigenvalue weighted by molar-refractivity contribution is 8.29. The van der Waals surface area contributed by atoms with Crippen molar-refractivity contribution in [3.05, 3.63) is 30.3 Å². The van der Waals surface area contributed by atoms with Crippen molar-refractivity contribution in [3.8, 4) is 0 Å². The maximum atomic E-state index is 5.09. The number of rotatable bonds is 1. The standard InChI is InChI=1S/C8H6N2S3/c11-8-7(12-10-13-8)9-6-4-2-1-3-5-6/h1-5,9H. The van der Waals surface area contributed by atoms with Gasteiger partial charge >= 0.3 is 0 Å². The zero-order valence-electron chi connectivity index (χ0n) is 6.56. The molecule has 1 aromatic carbocycles. The van der Waals surface area contributed by atoms with Crippen LogP contribution in [0.15, 0.2) is 34.1 Å². The van der Waals surface area contributed by atoms with Gasteiger partial charge in [0.05, 0.1) is 0 Å². The van der Waals surface area contributed by atoms with Gasteiger partial charge in [0.2, 0.25) is 0 Å². The van der Waals surface area contributed by atoms with Gasteiger partial charge in [0.1, 0.15) is 9.19 Å². The Morgan fingerprint density at radius 1 is 1.23 bits per heavy atom. The molecule has 2 rings (SSSR count). The Kier molecular flexibility index (Phi) is 2.77. The first kappa shape index (κ1) is 8.93. The van der Waals surface area contributed by atoms with Crippen LogP contribution in [0.3, 0.4) is 0 Å². The van der Waals surface area contributed by atoms with E-state index in [4.69, 9.17) is 12.2 Å². The summed E-state index contributed by atoms with van der Waals surface area (Å²) in [7, 11) is 0. The molecule has 5 heteroatoms. The molecule has 0 bridgehead atoms. The van der Waals surface area contributed by atoms with E-state index < -0.39 is 0 Å². The number of benzene rings is 1. The second-order valence-corrected chi connectivity index (χ2v) is 4.81. The number of anilines is 1. The monoisotopic (exact) mass is 226 g/mol. The third kappa shape index (κ3) is 2.18. The van der Waals surface area contributed by atoms with Gasteiger partial charge in [-0.25, -0.2) is 0 Å². The highest BCUT2D eigenvalue weighted by atomic mass is 32.2. The van der Waals surface area contributed by atoms with Crippen LogP contribution in [0.2, 0.25) is 0 Å². The van der Waals surface area contributed by atoms with Gasteiger partial charge in [-0.05, 0) is 23.3 Å². The molecule has 0 atom stereocenters. The molecule has 0 aromatic heterocycles. The summed E-state index contributed by atoms with van der Waals surface area (Å²) in [5.74, 6) is 0. The molecule has 1 aliphatic heterocycles. The molecule has 0 amide bonds. The van der Waals surface area contributed by atoms with E-state index in [1.807, 2.05) is 30.3 Å². The predicted molar refractivity (Wildman–Crippen MR) is 65.1 cm³/mol. The topological polar surface area (TPSA) is 24.4 Å². The number of nitrogens with zero attached hydrogens (tertiary/aromatic N) is 1. The van der Waals surface area contributed by atoms with Crippen LogP contribution in [0.5, 0.6) is 0 Å². The SMILES string of the molecule is S=C1SN=S=C1Nc1ccccc1. The average Bonchev–Trinajstić information content (AvgIpc) is 2.54. The average molecular weight is 226 g/mol. The number of hydrogen-bond acceptors (Lipinski definition) is 4. The third-order valence-electron chi connectivity index (χ3n) is 1.47. The van der Waals surface area contributed by atoms with Crippen molar-refractivity contribution < 1.29 is 0 Å². The van der Waals surface area contributed by atoms with E-state index in [0.29, 0.717) is 0 Å². The first-order chi connectivity index (χ1) is 6.36. The molecule has 0 fully saturated rings. The van der Waals surface area contributed by atoms with E-state index in [1.54, 1.807) is 0 Å². The maximum Gasteiger partial charge on any atom is 0.139 e. The van der Waals surface area contributed by atoms with E-state index in [0.717, 1.165) is 14.9 Å². The lowest BCUT2D eigenvalue weighted by Crippen LogP contribution is -2.15. The van der Waals surface area contributed by atoms with Gasteiger partial charge in [0.25, 0.3) is 0 Å². The minimum atomic E-state index is 0.814. The Hall–Kier alpha value is -0.650. The summed E-state index contributed by atoms with van der Waals surface area (Å²) >= 11 is 7.83. The van der Waals surface area contributed by atoms with Gasteiger partial charge in [0.15, 0.2) is 0 Å². The number of hydrogen-bond donors (Lipinski definition) is 1. The highest BCUT2D eigenvalue weighted by Gasteiger charge is 2.10. The second kappa shape index (κ2) is 4.04. The predicted octanol–water partition coefficient (Wildman–Crippen LogP) is 2.48. The minimum Gasteiger partial charge on any atom is -0.344 e. The van der Waals surface area contributed by atoms with Crippen LogP contribution in [-0.4, -0.2) is 9.19 Å². The number of para-hydroxylation sites is 1.